The van der Waals surface area contributed by atoms with Crippen LogP contribution in [0.4, 0.5) is 0 Å². The topological polar surface area (TPSA) is 49.3 Å². The van der Waals surface area contributed by atoms with Gasteiger partial charge in [0.05, 0.1) is 0 Å². The van der Waals surface area contributed by atoms with Gasteiger partial charge in [-0.15, -0.1) is 17.9 Å². The summed E-state index contributed by atoms with van der Waals surface area (Å²) >= 11 is 1.56. The number of benzene rings is 1. The molecule has 4 heteroatoms. The zero-order valence-electron chi connectivity index (χ0n) is 10.6. The molecule has 0 saturated heterocycles. The normalized spacial score (nSPS) is 12.3. The van der Waals surface area contributed by atoms with Crippen LogP contribution in [0.1, 0.15) is 23.8 Å². The van der Waals surface area contributed by atoms with Gasteiger partial charge in [-0.25, -0.2) is 0 Å². The lowest BCUT2D eigenvalue weighted by molar-refractivity contribution is -0.121. The van der Waals surface area contributed by atoms with E-state index < -0.39 is 6.10 Å². The van der Waals surface area contributed by atoms with Crippen LogP contribution in [0, 0.1) is 0 Å². The average molecular weight is 275 g/mol. The van der Waals surface area contributed by atoms with E-state index in [0.717, 1.165) is 15.0 Å². The average Bonchev–Trinajstić information content (AvgIpc) is 2.86. The fourth-order valence-corrected chi connectivity index (χ4v) is 2.85. The molecule has 0 aliphatic rings. The van der Waals surface area contributed by atoms with Gasteiger partial charge < -0.3 is 10.4 Å². The highest BCUT2D eigenvalue weighted by Gasteiger charge is 2.12. The monoisotopic (exact) mass is 275 g/mol. The number of carbonyl (C=O) groups excluding carboxylic acids is 1. The third-order valence-corrected chi connectivity index (χ3v) is 4.06. The first-order chi connectivity index (χ1) is 9.20. The molecule has 0 aliphatic carbocycles. The van der Waals surface area contributed by atoms with Crippen LogP contribution in [0.5, 0.6) is 0 Å². The standard InChI is InChI=1S/C15H17NO2S/c1-2-3-8-15(18)16-10-12(17)14-9-11-6-4-5-7-13(11)19-14/h2,4-7,9,12,17H,1,3,8,10H2,(H,16,18). The van der Waals surface area contributed by atoms with Gasteiger partial charge in [0.1, 0.15) is 6.10 Å². The van der Waals surface area contributed by atoms with E-state index in [1.807, 2.05) is 30.3 Å². The van der Waals surface area contributed by atoms with Crippen LogP contribution in [0.15, 0.2) is 43.0 Å². The summed E-state index contributed by atoms with van der Waals surface area (Å²) in [5.41, 5.74) is 0. The van der Waals surface area contributed by atoms with Crippen molar-refractivity contribution in [3.05, 3.63) is 47.9 Å². The van der Waals surface area contributed by atoms with Gasteiger partial charge in [0.15, 0.2) is 0 Å². The van der Waals surface area contributed by atoms with E-state index >= 15 is 0 Å². The Kier molecular flexibility index (Phi) is 4.71. The first kappa shape index (κ1) is 13.8. The lowest BCUT2D eigenvalue weighted by atomic mass is 10.2. The molecular formula is C15H17NO2S. The van der Waals surface area contributed by atoms with Gasteiger partial charge in [-0.2, -0.15) is 0 Å². The third-order valence-electron chi connectivity index (χ3n) is 2.84. The quantitative estimate of drug-likeness (QED) is 0.796. The summed E-state index contributed by atoms with van der Waals surface area (Å²) in [7, 11) is 0. The van der Waals surface area contributed by atoms with E-state index in [1.54, 1.807) is 17.4 Å². The number of hydrogen-bond acceptors (Lipinski definition) is 3. The second-order valence-electron chi connectivity index (χ2n) is 4.33. The lowest BCUT2D eigenvalue weighted by Gasteiger charge is -2.09. The molecule has 0 fully saturated rings. The molecule has 1 heterocycles. The molecule has 1 aromatic heterocycles. The summed E-state index contributed by atoms with van der Waals surface area (Å²) in [6, 6.07) is 9.97. The molecule has 19 heavy (non-hydrogen) atoms. The molecule has 1 aromatic carbocycles. The first-order valence-corrected chi connectivity index (χ1v) is 7.06. The summed E-state index contributed by atoms with van der Waals surface area (Å²) < 4.78 is 1.15. The molecule has 1 amide bonds. The molecule has 0 radical (unpaired) electrons. The Morgan fingerprint density at radius 3 is 3.00 bits per heavy atom. The molecule has 2 N–H and O–H groups in total. The smallest absolute Gasteiger partial charge is 0.220 e. The number of allylic oxidation sites excluding steroid dienone is 1. The Hall–Kier alpha value is -1.65. The second-order valence-corrected chi connectivity index (χ2v) is 5.45. The van der Waals surface area contributed by atoms with Crippen molar-refractivity contribution in [3.63, 3.8) is 0 Å². The van der Waals surface area contributed by atoms with Crippen molar-refractivity contribution in [2.75, 3.05) is 6.54 Å². The highest BCUT2D eigenvalue weighted by molar-refractivity contribution is 7.19. The third kappa shape index (κ3) is 3.66. The van der Waals surface area contributed by atoms with E-state index in [9.17, 15) is 9.90 Å². The van der Waals surface area contributed by atoms with Crippen LogP contribution in [-0.4, -0.2) is 17.6 Å². The van der Waals surface area contributed by atoms with E-state index in [0.29, 0.717) is 12.8 Å². The summed E-state index contributed by atoms with van der Waals surface area (Å²) in [4.78, 5) is 12.3. The molecule has 0 spiro atoms. The predicted molar refractivity (Wildman–Crippen MR) is 79.2 cm³/mol. The molecular weight excluding hydrogens is 258 g/mol. The maximum atomic E-state index is 11.4. The van der Waals surface area contributed by atoms with Crippen LogP contribution in [0.3, 0.4) is 0 Å². The zero-order chi connectivity index (χ0) is 13.7. The van der Waals surface area contributed by atoms with Crippen LogP contribution in [0.25, 0.3) is 10.1 Å². The number of carbonyl (C=O) groups is 1. The molecule has 2 rings (SSSR count). The number of amides is 1. The Balaban J connectivity index is 1.94. The van der Waals surface area contributed by atoms with Crippen molar-refractivity contribution in [1.82, 2.24) is 5.32 Å². The van der Waals surface area contributed by atoms with Crippen molar-refractivity contribution in [3.8, 4) is 0 Å². The van der Waals surface area contributed by atoms with Gasteiger partial charge in [-0.05, 0) is 23.9 Å². The van der Waals surface area contributed by atoms with Gasteiger partial charge in [0, 0.05) is 22.5 Å². The maximum Gasteiger partial charge on any atom is 0.220 e. The fraction of sp³-hybridized carbons (Fsp3) is 0.267. The number of aliphatic hydroxyl groups is 1. The minimum atomic E-state index is -0.648. The molecule has 1 unspecified atom stereocenters. The van der Waals surface area contributed by atoms with Crippen molar-refractivity contribution in [2.24, 2.45) is 0 Å². The van der Waals surface area contributed by atoms with Gasteiger partial charge in [-0.3, -0.25) is 4.79 Å². The first-order valence-electron chi connectivity index (χ1n) is 6.25. The van der Waals surface area contributed by atoms with Crippen molar-refractivity contribution in [1.29, 1.82) is 0 Å². The van der Waals surface area contributed by atoms with E-state index in [1.165, 1.54) is 0 Å². The number of aliphatic hydroxyl groups excluding tert-OH is 1. The summed E-state index contributed by atoms with van der Waals surface area (Å²) in [5.74, 6) is -0.0555. The Bertz CT molecular complexity index is 543. The molecule has 3 nitrogen and oxygen atoms in total. The van der Waals surface area contributed by atoms with Gasteiger partial charge >= 0.3 is 0 Å². The second kappa shape index (κ2) is 6.50. The zero-order valence-corrected chi connectivity index (χ0v) is 11.5. The lowest BCUT2D eigenvalue weighted by Crippen LogP contribution is -2.27. The van der Waals surface area contributed by atoms with Gasteiger partial charge in [0.2, 0.25) is 5.91 Å². The molecule has 100 valence electrons. The highest BCUT2D eigenvalue weighted by Crippen LogP contribution is 2.29. The van der Waals surface area contributed by atoms with Crippen LogP contribution >= 0.6 is 11.3 Å². The van der Waals surface area contributed by atoms with Gasteiger partial charge in [0.25, 0.3) is 0 Å². The Morgan fingerprint density at radius 2 is 2.26 bits per heavy atom. The van der Waals surface area contributed by atoms with Crippen molar-refractivity contribution < 1.29 is 9.90 Å². The fourth-order valence-electron chi connectivity index (χ4n) is 1.80. The summed E-state index contributed by atoms with van der Waals surface area (Å²) in [5, 5.41) is 13.9. The number of hydrogen-bond donors (Lipinski definition) is 2. The Labute approximate surface area is 116 Å². The predicted octanol–water partition coefficient (Wildman–Crippen LogP) is 3.02. The van der Waals surface area contributed by atoms with Crippen LogP contribution in [0.2, 0.25) is 0 Å². The molecule has 2 aromatic rings. The minimum Gasteiger partial charge on any atom is -0.386 e. The van der Waals surface area contributed by atoms with Crippen LogP contribution < -0.4 is 5.32 Å². The number of nitrogens with one attached hydrogen (secondary N) is 1. The van der Waals surface area contributed by atoms with E-state index in [4.69, 9.17) is 0 Å². The van der Waals surface area contributed by atoms with E-state index in [2.05, 4.69) is 11.9 Å². The number of rotatable bonds is 6. The van der Waals surface area contributed by atoms with E-state index in [-0.39, 0.29) is 12.5 Å². The minimum absolute atomic E-state index is 0.0555. The van der Waals surface area contributed by atoms with Gasteiger partial charge in [-0.1, -0.05) is 24.3 Å². The molecule has 1 atom stereocenters. The largest absolute Gasteiger partial charge is 0.386 e. The molecule has 0 bridgehead atoms. The summed E-state index contributed by atoms with van der Waals surface area (Å²) in [6.45, 7) is 3.82. The SMILES string of the molecule is C=CCCC(=O)NCC(O)c1cc2ccccc2s1. The molecule has 0 aliphatic heterocycles. The molecule has 0 saturated carbocycles. The Morgan fingerprint density at radius 1 is 1.47 bits per heavy atom. The highest BCUT2D eigenvalue weighted by atomic mass is 32.1. The summed E-state index contributed by atoms with van der Waals surface area (Å²) in [6.07, 6.45) is 2.14. The van der Waals surface area contributed by atoms with Crippen molar-refractivity contribution >= 4 is 27.3 Å². The number of thiophene rings is 1. The van der Waals surface area contributed by atoms with Crippen molar-refractivity contribution in [2.45, 2.75) is 18.9 Å². The van der Waals surface area contributed by atoms with Crippen LogP contribution in [-0.2, 0) is 4.79 Å². The number of fused-ring (bicyclic) bond motifs is 1. The maximum absolute atomic E-state index is 11.4.